The lowest BCUT2D eigenvalue weighted by Gasteiger charge is -2.09. The van der Waals surface area contributed by atoms with Crippen LogP contribution < -0.4 is 15.8 Å². The predicted octanol–water partition coefficient (Wildman–Crippen LogP) is 2.36. The van der Waals surface area contributed by atoms with Crippen LogP contribution in [0.25, 0.3) is 0 Å². The molecule has 1 aromatic carbocycles. The summed E-state index contributed by atoms with van der Waals surface area (Å²) in [5.74, 6) is 2.53. The Kier molecular flexibility index (Phi) is 5.69. The number of nitrogen functional groups attached to an aromatic ring is 1. The molecule has 0 radical (unpaired) electrons. The van der Waals surface area contributed by atoms with Crippen LogP contribution in [0, 0.1) is 0 Å². The Hall–Kier alpha value is -1.36. The van der Waals surface area contributed by atoms with Gasteiger partial charge in [-0.05, 0) is 17.9 Å². The van der Waals surface area contributed by atoms with Crippen molar-refractivity contribution in [2.24, 2.45) is 0 Å². The quantitative estimate of drug-likeness (QED) is 0.604. The average molecular weight is 254 g/mol. The van der Waals surface area contributed by atoms with E-state index in [0.29, 0.717) is 23.5 Å². The van der Waals surface area contributed by atoms with Gasteiger partial charge in [0.25, 0.3) is 0 Å². The van der Waals surface area contributed by atoms with E-state index in [2.05, 4.69) is 12.2 Å². The average Bonchev–Trinajstić information content (AvgIpc) is 2.32. The van der Waals surface area contributed by atoms with E-state index in [1.165, 1.54) is 0 Å². The smallest absolute Gasteiger partial charge is 0.225 e. The van der Waals surface area contributed by atoms with E-state index < -0.39 is 0 Å². The van der Waals surface area contributed by atoms with E-state index in [0.717, 1.165) is 11.5 Å². The van der Waals surface area contributed by atoms with Crippen molar-refractivity contribution in [2.75, 3.05) is 29.7 Å². The Balaban J connectivity index is 2.53. The highest BCUT2D eigenvalue weighted by Gasteiger charge is 2.05. The molecule has 1 rings (SSSR count). The molecule has 0 bridgehead atoms. The summed E-state index contributed by atoms with van der Waals surface area (Å²) in [6.45, 7) is 2.07. The number of nitrogens with one attached hydrogen (secondary N) is 1. The maximum absolute atomic E-state index is 11.6. The molecule has 0 aliphatic carbocycles. The van der Waals surface area contributed by atoms with Crippen molar-refractivity contribution >= 4 is 29.0 Å². The zero-order chi connectivity index (χ0) is 12.7. The fraction of sp³-hybridized carbons (Fsp3) is 0.417. The molecule has 5 heteroatoms. The highest BCUT2D eigenvalue weighted by molar-refractivity contribution is 7.99. The van der Waals surface area contributed by atoms with Crippen molar-refractivity contribution in [1.82, 2.24) is 0 Å². The van der Waals surface area contributed by atoms with E-state index in [4.69, 9.17) is 10.5 Å². The van der Waals surface area contributed by atoms with Gasteiger partial charge in [0.05, 0.1) is 18.5 Å². The molecule has 0 aromatic heterocycles. The number of thioether (sulfide) groups is 1. The van der Waals surface area contributed by atoms with Crippen LogP contribution in [0.3, 0.4) is 0 Å². The van der Waals surface area contributed by atoms with Gasteiger partial charge in [0.1, 0.15) is 5.75 Å². The van der Waals surface area contributed by atoms with Gasteiger partial charge in [-0.3, -0.25) is 4.79 Å². The summed E-state index contributed by atoms with van der Waals surface area (Å²) in [4.78, 5) is 11.6. The molecule has 1 aromatic rings. The number of nitrogens with two attached hydrogens (primary N) is 1. The summed E-state index contributed by atoms with van der Waals surface area (Å²) >= 11 is 1.75. The second-order valence-corrected chi connectivity index (χ2v) is 4.84. The Labute approximate surface area is 106 Å². The van der Waals surface area contributed by atoms with E-state index in [1.807, 2.05) is 0 Å². The second kappa shape index (κ2) is 7.06. The molecule has 0 aliphatic rings. The van der Waals surface area contributed by atoms with Crippen LogP contribution in [0.5, 0.6) is 5.75 Å². The fourth-order valence-electron chi connectivity index (χ4n) is 1.30. The largest absolute Gasteiger partial charge is 0.497 e. The standard InChI is InChI=1S/C12H18N2O2S/c1-3-17-7-6-12(15)14-11-5-4-9(16-2)8-10(11)13/h4-5,8H,3,6-7,13H2,1-2H3,(H,14,15). The van der Waals surface area contributed by atoms with Crippen LogP contribution in [0.4, 0.5) is 11.4 Å². The number of carbonyl (C=O) groups excluding carboxylic acids is 1. The summed E-state index contributed by atoms with van der Waals surface area (Å²) in [6, 6.07) is 5.21. The zero-order valence-corrected chi connectivity index (χ0v) is 11.0. The van der Waals surface area contributed by atoms with Crippen molar-refractivity contribution in [2.45, 2.75) is 13.3 Å². The highest BCUT2D eigenvalue weighted by Crippen LogP contribution is 2.24. The van der Waals surface area contributed by atoms with Crippen LogP contribution in [0.2, 0.25) is 0 Å². The SMILES string of the molecule is CCSCCC(=O)Nc1ccc(OC)cc1N. The third-order valence-electron chi connectivity index (χ3n) is 2.21. The number of methoxy groups -OCH3 is 1. The number of hydrogen-bond acceptors (Lipinski definition) is 4. The maximum atomic E-state index is 11.6. The molecule has 94 valence electrons. The van der Waals surface area contributed by atoms with Gasteiger partial charge in [-0.15, -0.1) is 0 Å². The van der Waals surface area contributed by atoms with E-state index in [9.17, 15) is 4.79 Å². The first-order valence-electron chi connectivity index (χ1n) is 5.48. The van der Waals surface area contributed by atoms with Gasteiger partial charge in [-0.1, -0.05) is 6.92 Å². The number of benzene rings is 1. The Morgan fingerprint density at radius 3 is 2.88 bits per heavy atom. The Bertz CT molecular complexity index is 383. The topological polar surface area (TPSA) is 64.3 Å². The van der Waals surface area contributed by atoms with Gasteiger partial charge in [-0.2, -0.15) is 11.8 Å². The minimum absolute atomic E-state index is 0.0113. The number of anilines is 2. The second-order valence-electron chi connectivity index (χ2n) is 3.45. The molecule has 4 nitrogen and oxygen atoms in total. The molecule has 0 aliphatic heterocycles. The van der Waals surface area contributed by atoms with Gasteiger partial charge in [0, 0.05) is 18.2 Å². The highest BCUT2D eigenvalue weighted by atomic mass is 32.2. The van der Waals surface area contributed by atoms with Gasteiger partial charge in [0.2, 0.25) is 5.91 Å². The number of hydrogen-bond donors (Lipinski definition) is 2. The van der Waals surface area contributed by atoms with Gasteiger partial charge in [0.15, 0.2) is 0 Å². The van der Waals surface area contributed by atoms with Crippen LogP contribution in [0.15, 0.2) is 18.2 Å². The van der Waals surface area contributed by atoms with E-state index >= 15 is 0 Å². The summed E-state index contributed by atoms with van der Waals surface area (Å²) in [7, 11) is 1.58. The van der Waals surface area contributed by atoms with Gasteiger partial charge >= 0.3 is 0 Å². The molecule has 3 N–H and O–H groups in total. The van der Waals surface area contributed by atoms with E-state index in [1.54, 1.807) is 37.1 Å². The first-order chi connectivity index (χ1) is 8.17. The van der Waals surface area contributed by atoms with E-state index in [-0.39, 0.29) is 5.91 Å². The van der Waals surface area contributed by atoms with Crippen LogP contribution in [-0.4, -0.2) is 24.5 Å². The number of rotatable bonds is 6. The lowest BCUT2D eigenvalue weighted by Crippen LogP contribution is -2.13. The number of carbonyl (C=O) groups is 1. The first-order valence-corrected chi connectivity index (χ1v) is 6.64. The van der Waals surface area contributed by atoms with Crippen molar-refractivity contribution in [3.63, 3.8) is 0 Å². The fourth-order valence-corrected chi connectivity index (χ4v) is 1.92. The van der Waals surface area contributed by atoms with Crippen molar-refractivity contribution in [3.8, 4) is 5.75 Å². The lowest BCUT2D eigenvalue weighted by atomic mass is 10.2. The lowest BCUT2D eigenvalue weighted by molar-refractivity contribution is -0.115. The molecule has 0 unspecified atom stereocenters. The maximum Gasteiger partial charge on any atom is 0.225 e. The molecule has 0 saturated carbocycles. The first kappa shape index (κ1) is 13.7. The van der Waals surface area contributed by atoms with Crippen molar-refractivity contribution in [3.05, 3.63) is 18.2 Å². The molecule has 1 amide bonds. The molecule has 0 saturated heterocycles. The molecule has 17 heavy (non-hydrogen) atoms. The van der Waals surface area contributed by atoms with Crippen LogP contribution >= 0.6 is 11.8 Å². The normalized spacial score (nSPS) is 10.0. The molecule has 0 spiro atoms. The molecular formula is C12H18N2O2S. The minimum Gasteiger partial charge on any atom is -0.497 e. The molecule has 0 atom stereocenters. The van der Waals surface area contributed by atoms with Crippen molar-refractivity contribution < 1.29 is 9.53 Å². The minimum atomic E-state index is -0.0113. The summed E-state index contributed by atoms with van der Waals surface area (Å²) in [6.07, 6.45) is 0.504. The van der Waals surface area contributed by atoms with Gasteiger partial charge < -0.3 is 15.8 Å². The van der Waals surface area contributed by atoms with Crippen LogP contribution in [0.1, 0.15) is 13.3 Å². The van der Waals surface area contributed by atoms with Gasteiger partial charge in [-0.25, -0.2) is 0 Å². The predicted molar refractivity (Wildman–Crippen MR) is 73.7 cm³/mol. The number of amides is 1. The summed E-state index contributed by atoms with van der Waals surface area (Å²) in [5.41, 5.74) is 6.95. The molecular weight excluding hydrogens is 236 g/mol. The Morgan fingerprint density at radius 2 is 2.29 bits per heavy atom. The third-order valence-corrected chi connectivity index (χ3v) is 3.11. The van der Waals surface area contributed by atoms with Crippen molar-refractivity contribution in [1.29, 1.82) is 0 Å². The number of ether oxygens (including phenoxy) is 1. The zero-order valence-electron chi connectivity index (χ0n) is 10.2. The monoisotopic (exact) mass is 254 g/mol. The molecule has 0 heterocycles. The third kappa shape index (κ3) is 4.56. The summed E-state index contributed by atoms with van der Waals surface area (Å²) < 4.78 is 5.04. The Morgan fingerprint density at radius 1 is 1.53 bits per heavy atom. The van der Waals surface area contributed by atoms with Crippen LogP contribution in [-0.2, 0) is 4.79 Å². The summed E-state index contributed by atoms with van der Waals surface area (Å²) in [5, 5.41) is 2.79. The molecule has 0 fully saturated rings.